The van der Waals surface area contributed by atoms with Crippen molar-refractivity contribution < 1.29 is 4.79 Å². The Labute approximate surface area is 105 Å². The minimum absolute atomic E-state index is 0.169. The minimum Gasteiger partial charge on any atom is -0.335 e. The van der Waals surface area contributed by atoms with Crippen molar-refractivity contribution in [2.45, 2.75) is 26.2 Å². The number of nitrogens with one attached hydrogen (secondary N) is 1. The summed E-state index contributed by atoms with van der Waals surface area (Å²) in [6.07, 6.45) is 6.36. The summed E-state index contributed by atoms with van der Waals surface area (Å²) in [6.45, 7) is 12.7. The average molecular weight is 236 g/mol. The summed E-state index contributed by atoms with van der Waals surface area (Å²) in [4.78, 5) is 14.5. The fraction of sp³-hybridized carbons (Fsp3) is 0.643. The molecule has 1 heterocycles. The van der Waals surface area contributed by atoms with E-state index in [1.54, 1.807) is 12.2 Å². The molecule has 0 aromatic rings. The van der Waals surface area contributed by atoms with Crippen LogP contribution in [-0.2, 0) is 4.79 Å². The molecule has 1 amide bonds. The highest BCUT2D eigenvalue weighted by molar-refractivity contribution is 5.83. The number of rotatable bonds is 6. The Kier molecular flexibility index (Phi) is 5.42. The van der Waals surface area contributed by atoms with Crippen LogP contribution in [0.15, 0.2) is 25.3 Å². The van der Waals surface area contributed by atoms with Crippen LogP contribution in [0.25, 0.3) is 0 Å². The van der Waals surface area contributed by atoms with Gasteiger partial charge >= 0.3 is 0 Å². The van der Waals surface area contributed by atoms with Gasteiger partial charge in [-0.1, -0.05) is 19.1 Å². The summed E-state index contributed by atoms with van der Waals surface area (Å²) >= 11 is 0. The molecule has 0 spiro atoms. The van der Waals surface area contributed by atoms with Gasteiger partial charge < -0.3 is 10.2 Å². The molecule has 0 unspecified atom stereocenters. The largest absolute Gasteiger partial charge is 0.335 e. The Balaban J connectivity index is 2.80. The molecule has 96 valence electrons. The van der Waals surface area contributed by atoms with Crippen LogP contribution in [0.4, 0.5) is 0 Å². The molecule has 1 saturated heterocycles. The average Bonchev–Trinajstić information content (AvgIpc) is 2.38. The summed E-state index contributed by atoms with van der Waals surface area (Å²) in [5, 5.41) is 3.32. The normalized spacial score (nSPS) is 18.4. The molecular weight excluding hydrogens is 212 g/mol. The van der Waals surface area contributed by atoms with Gasteiger partial charge in [0.15, 0.2) is 0 Å². The van der Waals surface area contributed by atoms with Crippen LogP contribution >= 0.6 is 0 Å². The SMILES string of the molecule is C=CCN(CC=C)C(=O)C1(CC)CCNCC1. The van der Waals surface area contributed by atoms with Crippen LogP contribution in [0.1, 0.15) is 26.2 Å². The molecule has 1 fully saturated rings. The predicted molar refractivity (Wildman–Crippen MR) is 71.8 cm³/mol. The molecule has 0 atom stereocenters. The zero-order valence-electron chi connectivity index (χ0n) is 10.9. The lowest BCUT2D eigenvalue weighted by Gasteiger charge is -2.39. The molecule has 1 aliphatic rings. The van der Waals surface area contributed by atoms with Crippen molar-refractivity contribution in [3.63, 3.8) is 0 Å². The molecule has 17 heavy (non-hydrogen) atoms. The molecular formula is C14H24N2O. The summed E-state index contributed by atoms with van der Waals surface area (Å²) < 4.78 is 0. The maximum atomic E-state index is 12.6. The van der Waals surface area contributed by atoms with Gasteiger partial charge in [-0.25, -0.2) is 0 Å². The van der Waals surface area contributed by atoms with E-state index in [1.807, 2.05) is 4.90 Å². The van der Waals surface area contributed by atoms with Crippen molar-refractivity contribution in [1.82, 2.24) is 10.2 Å². The van der Waals surface area contributed by atoms with E-state index in [9.17, 15) is 4.79 Å². The van der Waals surface area contributed by atoms with E-state index in [0.717, 1.165) is 32.4 Å². The minimum atomic E-state index is -0.169. The Morgan fingerprint density at radius 2 is 1.82 bits per heavy atom. The van der Waals surface area contributed by atoms with Crippen LogP contribution in [0, 0.1) is 5.41 Å². The lowest BCUT2D eigenvalue weighted by atomic mass is 9.75. The molecule has 3 heteroatoms. The quantitative estimate of drug-likeness (QED) is 0.715. The van der Waals surface area contributed by atoms with Crippen molar-refractivity contribution in [2.75, 3.05) is 26.2 Å². The van der Waals surface area contributed by atoms with Gasteiger partial charge in [0.2, 0.25) is 5.91 Å². The third-order valence-electron chi connectivity index (χ3n) is 3.68. The van der Waals surface area contributed by atoms with Crippen LogP contribution in [0.3, 0.4) is 0 Å². The number of carbonyl (C=O) groups excluding carboxylic acids is 1. The molecule has 0 aliphatic carbocycles. The Hall–Kier alpha value is -1.09. The van der Waals surface area contributed by atoms with Crippen molar-refractivity contribution in [3.8, 4) is 0 Å². The van der Waals surface area contributed by atoms with E-state index in [1.165, 1.54) is 0 Å². The molecule has 0 bridgehead atoms. The topological polar surface area (TPSA) is 32.3 Å². The Morgan fingerprint density at radius 1 is 1.29 bits per heavy atom. The van der Waals surface area contributed by atoms with E-state index < -0.39 is 0 Å². The van der Waals surface area contributed by atoms with Crippen molar-refractivity contribution in [3.05, 3.63) is 25.3 Å². The highest BCUT2D eigenvalue weighted by Crippen LogP contribution is 2.34. The molecule has 0 aromatic carbocycles. The van der Waals surface area contributed by atoms with E-state index in [2.05, 4.69) is 25.4 Å². The summed E-state index contributed by atoms with van der Waals surface area (Å²) in [5.74, 6) is 0.265. The maximum Gasteiger partial charge on any atom is 0.229 e. The van der Waals surface area contributed by atoms with E-state index >= 15 is 0 Å². The second-order valence-electron chi connectivity index (χ2n) is 4.67. The molecule has 0 saturated carbocycles. The Bertz CT molecular complexity index is 270. The number of hydrogen-bond donors (Lipinski definition) is 1. The zero-order chi connectivity index (χ0) is 12.7. The second-order valence-corrected chi connectivity index (χ2v) is 4.67. The van der Waals surface area contributed by atoms with E-state index in [0.29, 0.717) is 13.1 Å². The number of piperidine rings is 1. The monoisotopic (exact) mass is 236 g/mol. The van der Waals surface area contributed by atoms with Crippen LogP contribution in [0.5, 0.6) is 0 Å². The third-order valence-corrected chi connectivity index (χ3v) is 3.68. The first kappa shape index (κ1) is 14.0. The van der Waals surface area contributed by atoms with Gasteiger partial charge in [0.05, 0.1) is 5.41 Å². The summed E-state index contributed by atoms with van der Waals surface area (Å²) in [5.41, 5.74) is -0.169. The highest BCUT2D eigenvalue weighted by atomic mass is 16.2. The van der Waals surface area contributed by atoms with Gasteiger partial charge in [0.1, 0.15) is 0 Å². The molecule has 1 rings (SSSR count). The zero-order valence-corrected chi connectivity index (χ0v) is 10.9. The van der Waals surface area contributed by atoms with Crippen molar-refractivity contribution >= 4 is 5.91 Å². The molecule has 1 N–H and O–H groups in total. The second kappa shape index (κ2) is 6.60. The standard InChI is InChI=1S/C14H24N2O/c1-4-11-16(12-5-2)13(17)14(6-3)7-9-15-10-8-14/h4-5,15H,1-2,6-12H2,3H3. The molecule has 3 nitrogen and oxygen atoms in total. The molecule has 0 aromatic heterocycles. The first-order chi connectivity index (χ1) is 8.20. The van der Waals surface area contributed by atoms with Gasteiger partial charge in [-0.3, -0.25) is 4.79 Å². The van der Waals surface area contributed by atoms with Gasteiger partial charge in [-0.2, -0.15) is 0 Å². The summed E-state index contributed by atoms with van der Waals surface area (Å²) in [7, 11) is 0. The lowest BCUT2D eigenvalue weighted by molar-refractivity contribution is -0.143. The Morgan fingerprint density at radius 3 is 2.24 bits per heavy atom. The molecule has 0 radical (unpaired) electrons. The van der Waals surface area contributed by atoms with Gasteiger partial charge in [-0.15, -0.1) is 13.2 Å². The fourth-order valence-corrected chi connectivity index (χ4v) is 2.51. The smallest absolute Gasteiger partial charge is 0.229 e. The van der Waals surface area contributed by atoms with Crippen LogP contribution in [0.2, 0.25) is 0 Å². The van der Waals surface area contributed by atoms with E-state index in [-0.39, 0.29) is 11.3 Å². The van der Waals surface area contributed by atoms with E-state index in [4.69, 9.17) is 0 Å². The van der Waals surface area contributed by atoms with Crippen LogP contribution in [-0.4, -0.2) is 37.0 Å². The number of hydrogen-bond acceptors (Lipinski definition) is 2. The maximum absolute atomic E-state index is 12.6. The number of carbonyl (C=O) groups is 1. The van der Waals surface area contributed by atoms with Crippen molar-refractivity contribution in [2.24, 2.45) is 5.41 Å². The highest BCUT2D eigenvalue weighted by Gasteiger charge is 2.39. The predicted octanol–water partition coefficient (Wildman–Crippen LogP) is 1.97. The summed E-state index contributed by atoms with van der Waals surface area (Å²) in [6, 6.07) is 0. The molecule has 1 aliphatic heterocycles. The van der Waals surface area contributed by atoms with Gasteiger partial charge in [0.25, 0.3) is 0 Å². The first-order valence-corrected chi connectivity index (χ1v) is 6.42. The van der Waals surface area contributed by atoms with Crippen LogP contribution < -0.4 is 5.32 Å². The number of nitrogens with zero attached hydrogens (tertiary/aromatic N) is 1. The van der Waals surface area contributed by atoms with Gasteiger partial charge in [0, 0.05) is 13.1 Å². The fourth-order valence-electron chi connectivity index (χ4n) is 2.51. The van der Waals surface area contributed by atoms with Crippen molar-refractivity contribution in [1.29, 1.82) is 0 Å². The third kappa shape index (κ3) is 3.19. The lowest BCUT2D eigenvalue weighted by Crippen LogP contribution is -2.49. The first-order valence-electron chi connectivity index (χ1n) is 6.42. The van der Waals surface area contributed by atoms with Gasteiger partial charge in [-0.05, 0) is 32.4 Å². The number of amides is 1.